The van der Waals surface area contributed by atoms with E-state index in [0.29, 0.717) is 29.1 Å². The molecular weight excluding hydrogens is 362 g/mol. The van der Waals surface area contributed by atoms with Gasteiger partial charge in [0.2, 0.25) is 0 Å². The Morgan fingerprint density at radius 1 is 1.19 bits per heavy atom. The Balaban J connectivity index is 1.77. The van der Waals surface area contributed by atoms with Crippen LogP contribution in [0.1, 0.15) is 25.8 Å². The molecule has 3 rings (SSSR count). The number of hydrogen-bond donors (Lipinski definition) is 3. The number of aromatic nitrogens is 3. The second-order valence-electron chi connectivity index (χ2n) is 6.80. The van der Waals surface area contributed by atoms with Gasteiger partial charge in [0.05, 0.1) is 19.3 Å². The van der Waals surface area contributed by atoms with Crippen LogP contribution < -0.4 is 15.8 Å². The molecule has 27 heavy (non-hydrogen) atoms. The minimum atomic E-state index is -0.108. The first-order chi connectivity index (χ1) is 13.0. The van der Waals surface area contributed by atoms with Gasteiger partial charge in [-0.3, -0.25) is 0 Å². The molecular formula is C19H25N5O2S. The molecule has 144 valence electrons. The van der Waals surface area contributed by atoms with E-state index in [1.54, 1.807) is 0 Å². The van der Waals surface area contributed by atoms with E-state index in [2.05, 4.69) is 46.2 Å². The van der Waals surface area contributed by atoms with Crippen LogP contribution in [0.4, 0.5) is 10.9 Å². The Bertz CT molecular complexity index is 869. The molecule has 1 aromatic carbocycles. The number of anilines is 2. The third kappa shape index (κ3) is 5.27. The maximum absolute atomic E-state index is 9.68. The molecule has 7 nitrogen and oxygen atoms in total. The Labute approximate surface area is 162 Å². The van der Waals surface area contributed by atoms with E-state index >= 15 is 0 Å². The second-order valence-corrected chi connectivity index (χ2v) is 7.83. The first-order valence-electron chi connectivity index (χ1n) is 9.03. The van der Waals surface area contributed by atoms with Gasteiger partial charge in [-0.25, -0.2) is 0 Å². The summed E-state index contributed by atoms with van der Waals surface area (Å²) in [6.45, 7) is 4.71. The van der Waals surface area contributed by atoms with Gasteiger partial charge in [0, 0.05) is 6.42 Å². The first-order valence-corrected chi connectivity index (χ1v) is 9.85. The van der Waals surface area contributed by atoms with E-state index < -0.39 is 0 Å². The summed E-state index contributed by atoms with van der Waals surface area (Å²) < 4.78 is 6.53. The van der Waals surface area contributed by atoms with Crippen LogP contribution in [0.2, 0.25) is 0 Å². The molecule has 0 amide bonds. The molecule has 0 aliphatic rings. The van der Waals surface area contributed by atoms with Crippen molar-refractivity contribution in [3.63, 3.8) is 0 Å². The van der Waals surface area contributed by atoms with Crippen molar-refractivity contribution in [2.24, 2.45) is 5.92 Å². The summed E-state index contributed by atoms with van der Waals surface area (Å²) in [6.07, 6.45) is 1.58. The maximum atomic E-state index is 9.68. The Morgan fingerprint density at radius 2 is 1.96 bits per heavy atom. The number of nitrogens with zero attached hydrogens (tertiary/aromatic N) is 3. The summed E-state index contributed by atoms with van der Waals surface area (Å²) in [7, 11) is 0. The molecule has 8 heteroatoms. The molecule has 0 unspecified atom stereocenters. The molecule has 4 N–H and O–H groups in total. The van der Waals surface area contributed by atoms with Crippen LogP contribution in [-0.2, 0) is 6.42 Å². The number of nitrogens with one attached hydrogen (secondary N) is 1. The summed E-state index contributed by atoms with van der Waals surface area (Å²) in [4.78, 5) is 13.1. The van der Waals surface area contributed by atoms with Crippen molar-refractivity contribution in [2.75, 3.05) is 24.3 Å². The summed E-state index contributed by atoms with van der Waals surface area (Å²) in [5.74, 6) is 1.05. The SMILES string of the molecule is CC(C)C[C@H](CO)Nc1nc(OCCc2ccccc2)nc2nc(N)sc12. The molecule has 0 radical (unpaired) electrons. The van der Waals surface area contributed by atoms with Crippen molar-refractivity contribution < 1.29 is 9.84 Å². The maximum Gasteiger partial charge on any atom is 0.320 e. The third-order valence-electron chi connectivity index (χ3n) is 4.03. The number of aliphatic hydroxyl groups is 1. The first kappa shape index (κ1) is 19.3. The lowest BCUT2D eigenvalue weighted by Gasteiger charge is -2.19. The number of ether oxygens (including phenoxy) is 1. The highest BCUT2D eigenvalue weighted by atomic mass is 32.1. The predicted octanol–water partition coefficient (Wildman–Crippen LogP) is 3.11. The number of thiazole rings is 1. The van der Waals surface area contributed by atoms with Crippen molar-refractivity contribution in [1.82, 2.24) is 15.0 Å². The van der Waals surface area contributed by atoms with E-state index in [1.807, 2.05) is 18.2 Å². The molecule has 0 spiro atoms. The van der Waals surface area contributed by atoms with Gasteiger partial charge < -0.3 is 20.9 Å². The highest BCUT2D eigenvalue weighted by Crippen LogP contribution is 2.30. The zero-order chi connectivity index (χ0) is 19.2. The van der Waals surface area contributed by atoms with Gasteiger partial charge in [-0.05, 0) is 17.9 Å². The van der Waals surface area contributed by atoms with Gasteiger partial charge >= 0.3 is 6.01 Å². The lowest BCUT2D eigenvalue weighted by molar-refractivity contribution is 0.259. The fourth-order valence-electron chi connectivity index (χ4n) is 2.83. The Hall–Kier alpha value is -2.45. The topological polar surface area (TPSA) is 106 Å². The molecule has 0 aliphatic heterocycles. The largest absolute Gasteiger partial charge is 0.463 e. The van der Waals surface area contributed by atoms with Crippen molar-refractivity contribution in [3.8, 4) is 6.01 Å². The third-order valence-corrected chi connectivity index (χ3v) is 4.91. The number of aliphatic hydroxyl groups excluding tert-OH is 1. The van der Waals surface area contributed by atoms with Crippen molar-refractivity contribution in [3.05, 3.63) is 35.9 Å². The smallest absolute Gasteiger partial charge is 0.320 e. The number of benzene rings is 1. The lowest BCUT2D eigenvalue weighted by Crippen LogP contribution is -2.26. The molecule has 0 aliphatic carbocycles. The summed E-state index contributed by atoms with van der Waals surface area (Å²) in [5.41, 5.74) is 7.54. The predicted molar refractivity (Wildman–Crippen MR) is 109 cm³/mol. The number of hydrogen-bond acceptors (Lipinski definition) is 8. The quantitative estimate of drug-likeness (QED) is 0.518. The van der Waals surface area contributed by atoms with Gasteiger partial charge in [0.1, 0.15) is 4.70 Å². The van der Waals surface area contributed by atoms with Crippen LogP contribution in [0.3, 0.4) is 0 Å². The van der Waals surface area contributed by atoms with Crippen LogP contribution in [-0.4, -0.2) is 39.3 Å². The van der Waals surface area contributed by atoms with Crippen molar-refractivity contribution in [2.45, 2.75) is 32.7 Å². The van der Waals surface area contributed by atoms with Gasteiger partial charge in [-0.1, -0.05) is 55.5 Å². The minimum Gasteiger partial charge on any atom is -0.463 e. The number of nitrogen functional groups attached to an aromatic ring is 1. The average molecular weight is 388 g/mol. The van der Waals surface area contributed by atoms with Gasteiger partial charge in [-0.2, -0.15) is 15.0 Å². The molecule has 0 bridgehead atoms. The normalized spacial score (nSPS) is 12.4. The van der Waals surface area contributed by atoms with E-state index in [0.717, 1.165) is 17.5 Å². The fourth-order valence-corrected chi connectivity index (χ4v) is 3.55. The van der Waals surface area contributed by atoms with E-state index in [-0.39, 0.29) is 18.7 Å². The van der Waals surface area contributed by atoms with Gasteiger partial charge in [-0.15, -0.1) is 0 Å². The summed E-state index contributed by atoms with van der Waals surface area (Å²) in [5, 5.41) is 13.4. The summed E-state index contributed by atoms with van der Waals surface area (Å²) >= 11 is 1.32. The summed E-state index contributed by atoms with van der Waals surface area (Å²) in [6, 6.07) is 10.2. The van der Waals surface area contributed by atoms with E-state index in [9.17, 15) is 5.11 Å². The number of nitrogens with two attached hydrogens (primary N) is 1. The number of fused-ring (bicyclic) bond motifs is 1. The van der Waals surface area contributed by atoms with E-state index in [1.165, 1.54) is 16.9 Å². The molecule has 0 saturated carbocycles. The lowest BCUT2D eigenvalue weighted by atomic mass is 10.0. The second kappa shape index (κ2) is 8.96. The molecule has 0 saturated heterocycles. The van der Waals surface area contributed by atoms with E-state index in [4.69, 9.17) is 10.5 Å². The van der Waals surface area contributed by atoms with Crippen LogP contribution in [0.15, 0.2) is 30.3 Å². The van der Waals surface area contributed by atoms with Crippen molar-refractivity contribution >= 4 is 32.6 Å². The van der Waals surface area contributed by atoms with Crippen LogP contribution in [0.5, 0.6) is 6.01 Å². The molecule has 0 fully saturated rings. The minimum absolute atomic E-state index is 0.0160. The number of rotatable bonds is 9. The molecule has 3 aromatic rings. The monoisotopic (exact) mass is 387 g/mol. The molecule has 2 heterocycles. The Kier molecular flexibility index (Phi) is 6.41. The zero-order valence-electron chi connectivity index (χ0n) is 15.6. The van der Waals surface area contributed by atoms with Crippen LogP contribution in [0, 0.1) is 5.92 Å². The average Bonchev–Trinajstić information content (AvgIpc) is 3.02. The Morgan fingerprint density at radius 3 is 2.67 bits per heavy atom. The fraction of sp³-hybridized carbons (Fsp3) is 0.421. The van der Waals surface area contributed by atoms with Gasteiger partial charge in [0.25, 0.3) is 0 Å². The van der Waals surface area contributed by atoms with Crippen LogP contribution in [0.25, 0.3) is 10.3 Å². The zero-order valence-corrected chi connectivity index (χ0v) is 16.4. The highest BCUT2D eigenvalue weighted by Gasteiger charge is 2.17. The van der Waals surface area contributed by atoms with Crippen LogP contribution >= 0.6 is 11.3 Å². The molecule has 1 atom stereocenters. The standard InChI is InChI=1S/C19H25N5O2S/c1-12(2)10-14(11-25)21-16-15-17(22-18(20)27-15)24-19(23-16)26-9-8-13-6-4-3-5-7-13/h3-7,12,14,25H,8-11H2,1-2H3,(H3,20,21,22,23,24)/t14-/m1/s1. The highest BCUT2D eigenvalue weighted by molar-refractivity contribution is 7.22. The van der Waals surface area contributed by atoms with Gasteiger partial charge in [0.15, 0.2) is 16.6 Å². The molecule has 2 aromatic heterocycles. The van der Waals surface area contributed by atoms with Crippen molar-refractivity contribution in [1.29, 1.82) is 0 Å².